The number of rotatable bonds is 4. The minimum atomic E-state index is -0.622. The molecule has 0 aliphatic carbocycles. The molecule has 4 heteroatoms. The van der Waals surface area contributed by atoms with Crippen molar-refractivity contribution in [3.8, 4) is 0 Å². The highest BCUT2D eigenvalue weighted by atomic mass is 35.5. The summed E-state index contributed by atoms with van der Waals surface area (Å²) < 4.78 is 14.0. The lowest BCUT2D eigenvalue weighted by molar-refractivity contribution is 0.102. The molecule has 0 fully saturated rings. The first-order valence-electron chi connectivity index (χ1n) is 7.71. The van der Waals surface area contributed by atoms with Gasteiger partial charge in [-0.3, -0.25) is 4.79 Å². The van der Waals surface area contributed by atoms with E-state index in [-0.39, 0.29) is 22.4 Å². The van der Waals surface area contributed by atoms with Gasteiger partial charge in [-0.25, -0.2) is 4.39 Å². The molecule has 2 aromatic rings. The molecule has 0 aliphatic heterocycles. The van der Waals surface area contributed by atoms with Gasteiger partial charge in [-0.15, -0.1) is 0 Å². The van der Waals surface area contributed by atoms with Gasteiger partial charge in [0.05, 0.1) is 10.6 Å². The Balaban J connectivity index is 2.49. The number of hydrogen-bond donors (Lipinski definition) is 1. The van der Waals surface area contributed by atoms with Crippen LogP contribution in [0.1, 0.15) is 61.0 Å². The molecule has 0 aromatic heterocycles. The highest BCUT2D eigenvalue weighted by Crippen LogP contribution is 2.33. The van der Waals surface area contributed by atoms with Crippen molar-refractivity contribution in [2.45, 2.75) is 39.5 Å². The first-order chi connectivity index (χ1) is 10.8. The van der Waals surface area contributed by atoms with Crippen molar-refractivity contribution in [2.75, 3.05) is 5.32 Å². The number of anilines is 1. The second kappa shape index (κ2) is 7.14. The van der Waals surface area contributed by atoms with Gasteiger partial charge in [0.2, 0.25) is 0 Å². The lowest BCUT2D eigenvalue weighted by Gasteiger charge is -2.20. The molecule has 23 heavy (non-hydrogen) atoms. The zero-order chi connectivity index (χ0) is 17.1. The Labute approximate surface area is 141 Å². The molecule has 0 saturated heterocycles. The summed E-state index contributed by atoms with van der Waals surface area (Å²) in [5, 5.41) is 2.98. The minimum Gasteiger partial charge on any atom is -0.321 e. The molecule has 1 N–H and O–H groups in total. The molecule has 0 bridgehead atoms. The predicted octanol–water partition coefficient (Wildman–Crippen LogP) is 5.98. The van der Waals surface area contributed by atoms with Crippen LogP contribution in [-0.4, -0.2) is 5.91 Å². The molecule has 0 unspecified atom stereocenters. The molecule has 2 rings (SSSR count). The van der Waals surface area contributed by atoms with Gasteiger partial charge in [0.1, 0.15) is 5.82 Å². The van der Waals surface area contributed by atoms with Crippen molar-refractivity contribution in [3.63, 3.8) is 0 Å². The van der Waals surface area contributed by atoms with Crippen LogP contribution in [-0.2, 0) is 0 Å². The molecule has 0 spiro atoms. The summed E-state index contributed by atoms with van der Waals surface area (Å²) in [6.07, 6.45) is 0. The molecule has 2 nitrogen and oxygen atoms in total. The van der Waals surface area contributed by atoms with Gasteiger partial charge in [-0.05, 0) is 35.1 Å². The van der Waals surface area contributed by atoms with E-state index in [2.05, 4.69) is 33.0 Å². The average molecular weight is 334 g/mol. The number of halogens is 2. The van der Waals surface area contributed by atoms with E-state index in [1.807, 2.05) is 18.2 Å². The van der Waals surface area contributed by atoms with Crippen LogP contribution in [0, 0.1) is 5.82 Å². The minimum absolute atomic E-state index is 0.107. The van der Waals surface area contributed by atoms with E-state index in [0.29, 0.717) is 0 Å². The van der Waals surface area contributed by atoms with E-state index in [1.165, 1.54) is 18.2 Å². The van der Waals surface area contributed by atoms with Crippen molar-refractivity contribution >= 4 is 23.2 Å². The monoisotopic (exact) mass is 333 g/mol. The summed E-state index contributed by atoms with van der Waals surface area (Å²) in [5.41, 5.74) is 2.68. The van der Waals surface area contributed by atoms with Gasteiger partial charge in [0.15, 0.2) is 0 Å². The Morgan fingerprint density at radius 2 is 1.52 bits per heavy atom. The van der Waals surface area contributed by atoms with Gasteiger partial charge in [-0.2, -0.15) is 0 Å². The zero-order valence-corrected chi connectivity index (χ0v) is 14.5. The zero-order valence-electron chi connectivity index (χ0n) is 13.8. The van der Waals surface area contributed by atoms with Crippen molar-refractivity contribution in [2.24, 2.45) is 0 Å². The third-order valence-electron chi connectivity index (χ3n) is 3.80. The van der Waals surface area contributed by atoms with Crippen molar-refractivity contribution in [1.82, 2.24) is 0 Å². The highest BCUT2D eigenvalue weighted by Gasteiger charge is 2.20. The standard InChI is InChI=1S/C19H21ClFNO/c1-11(2)13-7-5-8-14(12(3)4)18(13)22-19(23)17-15(20)9-6-10-16(17)21/h5-12H,1-4H3,(H,22,23). The Morgan fingerprint density at radius 1 is 1.00 bits per heavy atom. The second-order valence-electron chi connectivity index (χ2n) is 6.17. The molecule has 122 valence electrons. The third-order valence-corrected chi connectivity index (χ3v) is 4.12. The molecule has 2 aromatic carbocycles. The van der Waals surface area contributed by atoms with E-state index in [0.717, 1.165) is 16.8 Å². The topological polar surface area (TPSA) is 29.1 Å². The summed E-state index contributed by atoms with van der Waals surface area (Å²) in [6, 6.07) is 10.2. The van der Waals surface area contributed by atoms with E-state index in [4.69, 9.17) is 11.6 Å². The van der Waals surface area contributed by atoms with Crippen LogP contribution in [0.2, 0.25) is 5.02 Å². The fourth-order valence-electron chi connectivity index (χ4n) is 2.59. The van der Waals surface area contributed by atoms with Gasteiger partial charge in [0.25, 0.3) is 5.91 Å². The van der Waals surface area contributed by atoms with Gasteiger partial charge >= 0.3 is 0 Å². The number of carbonyl (C=O) groups excluding carboxylic acids is 1. The van der Waals surface area contributed by atoms with Crippen LogP contribution in [0.4, 0.5) is 10.1 Å². The van der Waals surface area contributed by atoms with E-state index in [1.54, 1.807) is 0 Å². The molecule has 0 heterocycles. The highest BCUT2D eigenvalue weighted by molar-refractivity contribution is 6.34. The molecular weight excluding hydrogens is 313 g/mol. The quantitative estimate of drug-likeness (QED) is 0.732. The van der Waals surface area contributed by atoms with E-state index >= 15 is 0 Å². The van der Waals surface area contributed by atoms with E-state index < -0.39 is 11.7 Å². The predicted molar refractivity (Wildman–Crippen MR) is 94.0 cm³/mol. The van der Waals surface area contributed by atoms with Crippen molar-refractivity contribution in [1.29, 1.82) is 0 Å². The Morgan fingerprint density at radius 3 is 2.00 bits per heavy atom. The van der Waals surface area contributed by atoms with Crippen LogP contribution < -0.4 is 5.32 Å². The number of benzene rings is 2. The number of hydrogen-bond acceptors (Lipinski definition) is 1. The molecule has 0 saturated carbocycles. The van der Waals surface area contributed by atoms with Crippen LogP contribution >= 0.6 is 11.6 Å². The number of amides is 1. The summed E-state index contributed by atoms with van der Waals surface area (Å²) in [5.74, 6) is -0.675. The largest absolute Gasteiger partial charge is 0.321 e. The second-order valence-corrected chi connectivity index (χ2v) is 6.58. The fraction of sp³-hybridized carbons (Fsp3) is 0.316. The summed E-state index contributed by atoms with van der Waals surface area (Å²) in [4.78, 5) is 12.6. The molecule has 1 amide bonds. The summed E-state index contributed by atoms with van der Waals surface area (Å²) >= 11 is 5.99. The Kier molecular flexibility index (Phi) is 5.42. The van der Waals surface area contributed by atoms with Gasteiger partial charge in [0, 0.05) is 5.69 Å². The number of carbonyl (C=O) groups is 1. The smallest absolute Gasteiger partial charge is 0.260 e. The summed E-state index contributed by atoms with van der Waals surface area (Å²) in [7, 11) is 0. The maximum atomic E-state index is 14.0. The first kappa shape index (κ1) is 17.5. The van der Waals surface area contributed by atoms with Crippen LogP contribution in [0.15, 0.2) is 36.4 Å². The van der Waals surface area contributed by atoms with Crippen LogP contribution in [0.25, 0.3) is 0 Å². The van der Waals surface area contributed by atoms with Gasteiger partial charge < -0.3 is 5.32 Å². The maximum absolute atomic E-state index is 14.0. The van der Waals surface area contributed by atoms with Crippen LogP contribution in [0.5, 0.6) is 0 Å². The first-order valence-corrected chi connectivity index (χ1v) is 8.08. The van der Waals surface area contributed by atoms with Crippen molar-refractivity contribution < 1.29 is 9.18 Å². The molecular formula is C19H21ClFNO. The van der Waals surface area contributed by atoms with E-state index in [9.17, 15) is 9.18 Å². The normalized spacial score (nSPS) is 11.1. The lowest BCUT2D eigenvalue weighted by atomic mass is 9.92. The third kappa shape index (κ3) is 3.73. The number of para-hydroxylation sites is 1. The molecule has 0 atom stereocenters. The lowest BCUT2D eigenvalue weighted by Crippen LogP contribution is -2.17. The molecule has 0 aliphatic rings. The Hall–Kier alpha value is -1.87. The SMILES string of the molecule is CC(C)c1cccc(C(C)C)c1NC(=O)c1c(F)cccc1Cl. The van der Waals surface area contributed by atoms with Crippen molar-refractivity contribution in [3.05, 3.63) is 63.9 Å². The molecule has 0 radical (unpaired) electrons. The van der Waals surface area contributed by atoms with Crippen LogP contribution in [0.3, 0.4) is 0 Å². The Bertz CT molecular complexity index is 679. The fourth-order valence-corrected chi connectivity index (χ4v) is 2.83. The number of nitrogens with one attached hydrogen (secondary N) is 1. The maximum Gasteiger partial charge on any atom is 0.260 e. The summed E-state index contributed by atoms with van der Waals surface area (Å²) in [6.45, 7) is 8.24. The average Bonchev–Trinajstić information content (AvgIpc) is 2.46. The van der Waals surface area contributed by atoms with Gasteiger partial charge in [-0.1, -0.05) is 63.6 Å².